The number of halogens is 3. The second kappa shape index (κ2) is 12.9. The number of likely N-dealkylation sites (tertiary alicyclic amines) is 1. The maximum Gasteiger partial charge on any atom is 0.434 e. The van der Waals surface area contributed by atoms with E-state index >= 15 is 0 Å². The van der Waals surface area contributed by atoms with Crippen LogP contribution in [0.1, 0.15) is 44.4 Å². The third-order valence-electron chi connectivity index (χ3n) is 8.37. The zero-order chi connectivity index (χ0) is 31.9. The standard InChI is InChI=1S/C26H27B7F3N5O2/c1-13-11-39(17-10-37-16(9-38-17)26(34,35)36)12-14(2)41(13)24(42)43-8-5-15-3-6-40(7-4-15)25(32,33)18-19(27)21(29)23(31)22(30)20(18)28/h9-10,13-15H,3-8,11-12H2,1-2H3/t13-,14?/m1/s1. The Morgan fingerprint density at radius 3 is 1.93 bits per heavy atom. The van der Waals surface area contributed by atoms with E-state index in [9.17, 15) is 18.0 Å². The van der Waals surface area contributed by atoms with Crippen molar-refractivity contribution in [2.45, 2.75) is 56.7 Å². The Morgan fingerprint density at radius 2 is 1.44 bits per heavy atom. The SMILES string of the molecule is [B]c1c([B])c([B])c(C([B])([B])N2CCC(CCOC(=O)N3C(C)CN(c4cnc(C(F)(F)F)cn4)C[C@H]3C)CC2)c([B])c1[B]. The van der Waals surface area contributed by atoms with Gasteiger partial charge in [0.15, 0.2) is 5.69 Å². The number of piperidine rings is 1. The Bertz CT molecular complexity index is 1290. The maximum absolute atomic E-state index is 13.0. The van der Waals surface area contributed by atoms with E-state index in [-0.39, 0.29) is 57.5 Å². The number of carbonyl (C=O) groups is 1. The number of ether oxygens (including phenoxy) is 1. The van der Waals surface area contributed by atoms with Gasteiger partial charge in [0, 0.05) is 13.1 Å². The van der Waals surface area contributed by atoms with E-state index in [1.165, 1.54) is 0 Å². The highest BCUT2D eigenvalue weighted by atomic mass is 19.4. The Hall–Kier alpha value is -2.43. The Kier molecular flexibility index (Phi) is 10.0. The van der Waals surface area contributed by atoms with Crippen molar-refractivity contribution in [1.29, 1.82) is 0 Å². The van der Waals surface area contributed by atoms with E-state index < -0.39 is 23.3 Å². The highest BCUT2D eigenvalue weighted by Gasteiger charge is 2.37. The number of aromatic nitrogens is 2. The third-order valence-corrected chi connectivity index (χ3v) is 8.37. The van der Waals surface area contributed by atoms with Crippen molar-refractivity contribution in [2.75, 3.05) is 37.7 Å². The lowest BCUT2D eigenvalue weighted by atomic mass is 9.48. The first-order chi connectivity index (χ1) is 20.0. The van der Waals surface area contributed by atoms with Gasteiger partial charge in [0.1, 0.15) is 45.0 Å². The lowest BCUT2D eigenvalue weighted by Gasteiger charge is -2.47. The number of benzene rings is 1. The summed E-state index contributed by atoms with van der Waals surface area (Å²) in [6.45, 7) is 5.76. The number of rotatable bonds is 6. The van der Waals surface area contributed by atoms with E-state index in [4.69, 9.17) is 59.7 Å². The maximum atomic E-state index is 13.0. The number of piperazine rings is 1. The summed E-state index contributed by atoms with van der Waals surface area (Å²) >= 11 is 0. The molecule has 0 bridgehead atoms. The van der Waals surface area contributed by atoms with Crippen molar-refractivity contribution in [3.63, 3.8) is 0 Å². The number of anilines is 1. The largest absolute Gasteiger partial charge is 0.449 e. The van der Waals surface area contributed by atoms with Crippen LogP contribution in [0.15, 0.2) is 12.4 Å². The van der Waals surface area contributed by atoms with Crippen molar-refractivity contribution < 1.29 is 22.7 Å². The summed E-state index contributed by atoms with van der Waals surface area (Å²) in [5.74, 6) is 0.583. The molecule has 17 heteroatoms. The molecule has 7 nitrogen and oxygen atoms in total. The Morgan fingerprint density at radius 1 is 0.907 bits per heavy atom. The topological polar surface area (TPSA) is 61.8 Å². The first-order valence-electron chi connectivity index (χ1n) is 14.0. The van der Waals surface area contributed by atoms with Crippen LogP contribution in [0.25, 0.3) is 0 Å². The molecule has 0 aliphatic carbocycles. The van der Waals surface area contributed by atoms with Crippen LogP contribution in [0, 0.1) is 5.92 Å². The van der Waals surface area contributed by atoms with E-state index in [0.717, 1.165) is 19.0 Å². The molecule has 3 heterocycles. The molecule has 2 fully saturated rings. The Labute approximate surface area is 260 Å². The van der Waals surface area contributed by atoms with E-state index in [0.29, 0.717) is 44.6 Å². The number of hydrogen-bond donors (Lipinski definition) is 0. The van der Waals surface area contributed by atoms with Gasteiger partial charge in [-0.3, -0.25) is 4.90 Å². The lowest BCUT2D eigenvalue weighted by Crippen LogP contribution is -2.63. The summed E-state index contributed by atoms with van der Waals surface area (Å²) in [7, 11) is 43.3. The molecule has 2 saturated heterocycles. The van der Waals surface area contributed by atoms with Crippen molar-refractivity contribution in [3.05, 3.63) is 23.7 Å². The summed E-state index contributed by atoms with van der Waals surface area (Å²) in [5, 5.41) is -1.53. The fraction of sp³-hybridized carbons (Fsp3) is 0.577. The first kappa shape index (κ1) is 33.5. The van der Waals surface area contributed by atoms with Crippen LogP contribution in [0.2, 0.25) is 0 Å². The Balaban J connectivity index is 1.27. The van der Waals surface area contributed by atoms with Crippen molar-refractivity contribution >= 4 is 94.1 Å². The van der Waals surface area contributed by atoms with E-state index in [2.05, 4.69) is 9.97 Å². The smallest absolute Gasteiger partial charge is 0.434 e. The van der Waals surface area contributed by atoms with Gasteiger partial charge in [0.25, 0.3) is 0 Å². The normalized spacial score (nSPS) is 20.8. The quantitative estimate of drug-likeness (QED) is 0.364. The monoisotopic (exact) mass is 575 g/mol. The molecule has 2 aromatic rings. The number of amides is 1. The minimum absolute atomic E-state index is 0.0805. The predicted molar refractivity (Wildman–Crippen MR) is 167 cm³/mol. The molecule has 2 atom stereocenters. The minimum Gasteiger partial charge on any atom is -0.449 e. The number of nitrogens with zero attached hydrogens (tertiary/aromatic N) is 5. The first-order valence-corrected chi connectivity index (χ1v) is 14.0. The molecular weight excluding hydrogens is 547 g/mol. The molecule has 14 radical (unpaired) electrons. The molecule has 2 aliphatic rings. The van der Waals surface area contributed by atoms with Gasteiger partial charge in [-0.15, -0.1) is 27.3 Å². The third kappa shape index (κ3) is 6.96. The van der Waals surface area contributed by atoms with Gasteiger partial charge in [-0.2, -0.15) is 13.2 Å². The molecule has 1 aromatic heterocycles. The van der Waals surface area contributed by atoms with Crippen LogP contribution >= 0.6 is 0 Å². The molecule has 1 amide bonds. The van der Waals surface area contributed by atoms with Crippen molar-refractivity contribution in [1.82, 2.24) is 19.8 Å². The lowest BCUT2D eigenvalue weighted by molar-refractivity contribution is -0.141. The fourth-order valence-electron chi connectivity index (χ4n) is 5.92. The molecule has 1 aromatic carbocycles. The van der Waals surface area contributed by atoms with Crippen LogP contribution in [0.5, 0.6) is 0 Å². The highest BCUT2D eigenvalue weighted by molar-refractivity contribution is 6.68. The average Bonchev–Trinajstić information content (AvgIpc) is 2.94. The van der Waals surface area contributed by atoms with Gasteiger partial charge in [-0.1, -0.05) is 5.56 Å². The molecule has 1 unspecified atom stereocenters. The second-order valence-corrected chi connectivity index (χ2v) is 11.4. The zero-order valence-corrected chi connectivity index (χ0v) is 24.3. The molecular formula is C26H27B7F3N5O2. The van der Waals surface area contributed by atoms with Crippen LogP contribution in [0.4, 0.5) is 23.8 Å². The highest BCUT2D eigenvalue weighted by Crippen LogP contribution is 2.29. The van der Waals surface area contributed by atoms with Gasteiger partial charge in [0.05, 0.1) is 46.8 Å². The molecule has 0 saturated carbocycles. The molecule has 4 rings (SSSR count). The summed E-state index contributed by atoms with van der Waals surface area (Å²) in [6, 6.07) is -0.524. The molecule has 2 aliphatic heterocycles. The second-order valence-electron chi connectivity index (χ2n) is 11.4. The predicted octanol–water partition coefficient (Wildman–Crippen LogP) is -2.25. The van der Waals surface area contributed by atoms with Gasteiger partial charge < -0.3 is 14.5 Å². The van der Waals surface area contributed by atoms with E-state index in [1.54, 1.807) is 4.90 Å². The molecule has 0 N–H and O–H groups in total. The number of hydrogen-bond acceptors (Lipinski definition) is 6. The summed E-state index contributed by atoms with van der Waals surface area (Å²) < 4.78 is 44.1. The number of carbonyl (C=O) groups excluding carboxylic acids is 1. The molecule has 210 valence electrons. The molecule has 43 heavy (non-hydrogen) atoms. The van der Waals surface area contributed by atoms with Crippen LogP contribution in [0.3, 0.4) is 0 Å². The minimum atomic E-state index is -4.56. The van der Waals surface area contributed by atoms with Crippen LogP contribution < -0.4 is 32.2 Å². The van der Waals surface area contributed by atoms with Gasteiger partial charge in [0.2, 0.25) is 0 Å². The summed E-state index contributed by atoms with van der Waals surface area (Å²) in [5.41, 5.74) is -0.379. The average molecular weight is 574 g/mol. The summed E-state index contributed by atoms with van der Waals surface area (Å²) in [6.07, 6.45) is -1.05. The van der Waals surface area contributed by atoms with Crippen molar-refractivity contribution in [3.8, 4) is 0 Å². The van der Waals surface area contributed by atoms with Crippen LogP contribution in [-0.4, -0.2) is 126 Å². The van der Waals surface area contributed by atoms with Gasteiger partial charge in [-0.05, 0) is 57.5 Å². The summed E-state index contributed by atoms with van der Waals surface area (Å²) in [4.78, 5) is 25.7. The molecule has 0 spiro atoms. The van der Waals surface area contributed by atoms with Gasteiger partial charge >= 0.3 is 12.3 Å². The van der Waals surface area contributed by atoms with Gasteiger partial charge in [-0.25, -0.2) is 14.8 Å². The fourth-order valence-corrected chi connectivity index (χ4v) is 5.92. The number of alkyl halides is 3. The van der Waals surface area contributed by atoms with E-state index in [1.807, 2.05) is 23.6 Å². The van der Waals surface area contributed by atoms with Crippen LogP contribution in [-0.2, 0) is 16.3 Å². The van der Waals surface area contributed by atoms with Crippen molar-refractivity contribution in [2.24, 2.45) is 5.92 Å². The zero-order valence-electron chi connectivity index (χ0n) is 24.3.